The van der Waals surface area contributed by atoms with Crippen molar-refractivity contribution in [1.82, 2.24) is 9.88 Å². The normalized spacial score (nSPS) is 16.7. The van der Waals surface area contributed by atoms with Gasteiger partial charge in [-0.05, 0) is 37.1 Å². The molecule has 4 rings (SSSR count). The zero-order valence-corrected chi connectivity index (χ0v) is 15.0. The highest BCUT2D eigenvalue weighted by Crippen LogP contribution is 2.32. The lowest BCUT2D eigenvalue weighted by molar-refractivity contribution is -0.125. The summed E-state index contributed by atoms with van der Waals surface area (Å²) >= 11 is 0. The number of rotatable bonds is 4. The monoisotopic (exact) mass is 351 g/mol. The van der Waals surface area contributed by atoms with E-state index in [1.165, 1.54) is 19.3 Å². The predicted octanol–water partition coefficient (Wildman–Crippen LogP) is 3.55. The molecule has 0 bridgehead atoms. The summed E-state index contributed by atoms with van der Waals surface area (Å²) in [4.78, 5) is 26.8. The third-order valence-electron chi connectivity index (χ3n) is 5.42. The van der Waals surface area contributed by atoms with Crippen molar-refractivity contribution in [3.8, 4) is 5.69 Å². The van der Waals surface area contributed by atoms with Crippen LogP contribution in [-0.4, -0.2) is 22.4 Å². The van der Waals surface area contributed by atoms with Crippen molar-refractivity contribution >= 4 is 17.5 Å². The van der Waals surface area contributed by atoms with Gasteiger partial charge in [-0.25, -0.2) is 0 Å². The van der Waals surface area contributed by atoms with E-state index in [1.807, 2.05) is 42.6 Å². The Morgan fingerprint density at radius 1 is 0.962 bits per heavy atom. The van der Waals surface area contributed by atoms with E-state index in [-0.39, 0.29) is 24.7 Å². The molecular weight excluding hydrogens is 326 g/mol. The minimum Gasteiger partial charge on any atom is -0.353 e. The predicted molar refractivity (Wildman–Crippen MR) is 101 cm³/mol. The van der Waals surface area contributed by atoms with Crippen molar-refractivity contribution < 1.29 is 9.59 Å². The number of anilines is 1. The average Bonchev–Trinajstić information content (AvgIpc) is 3.15. The van der Waals surface area contributed by atoms with Crippen LogP contribution in [0.2, 0.25) is 0 Å². The van der Waals surface area contributed by atoms with Gasteiger partial charge in [-0.1, -0.05) is 31.4 Å². The largest absolute Gasteiger partial charge is 0.353 e. The first-order valence-corrected chi connectivity index (χ1v) is 9.58. The summed E-state index contributed by atoms with van der Waals surface area (Å²) < 4.78 is 2.12. The molecule has 136 valence electrons. The van der Waals surface area contributed by atoms with Gasteiger partial charge in [-0.2, -0.15) is 0 Å². The lowest BCUT2D eigenvalue weighted by Crippen LogP contribution is -2.38. The van der Waals surface area contributed by atoms with Crippen molar-refractivity contribution in [2.75, 3.05) is 4.90 Å². The molecule has 2 aliphatic rings. The van der Waals surface area contributed by atoms with Crippen molar-refractivity contribution in [1.29, 1.82) is 0 Å². The van der Waals surface area contributed by atoms with Crippen LogP contribution in [0.3, 0.4) is 0 Å². The van der Waals surface area contributed by atoms with Crippen LogP contribution in [-0.2, 0) is 16.1 Å². The van der Waals surface area contributed by atoms with Crippen LogP contribution in [0.25, 0.3) is 5.69 Å². The smallest absolute Gasteiger partial charge is 0.227 e. The molecule has 2 heterocycles. The first-order valence-electron chi connectivity index (χ1n) is 9.58. The molecule has 0 spiro atoms. The van der Waals surface area contributed by atoms with Gasteiger partial charge in [-0.15, -0.1) is 0 Å². The first-order chi connectivity index (χ1) is 12.7. The van der Waals surface area contributed by atoms with Crippen LogP contribution < -0.4 is 10.2 Å². The number of nitrogens with zero attached hydrogens (tertiary/aromatic N) is 2. The molecule has 5 heteroatoms. The lowest BCUT2D eigenvalue weighted by Gasteiger charge is -2.31. The van der Waals surface area contributed by atoms with E-state index >= 15 is 0 Å². The van der Waals surface area contributed by atoms with Crippen LogP contribution in [0.4, 0.5) is 5.69 Å². The maximum absolute atomic E-state index is 12.8. The van der Waals surface area contributed by atoms with Gasteiger partial charge >= 0.3 is 0 Å². The van der Waals surface area contributed by atoms with Crippen LogP contribution >= 0.6 is 0 Å². The molecule has 1 N–H and O–H groups in total. The minimum atomic E-state index is -0.00100. The molecule has 1 fully saturated rings. The molecule has 0 radical (unpaired) electrons. The Kier molecular flexibility index (Phi) is 4.78. The summed E-state index contributed by atoms with van der Waals surface area (Å²) in [6, 6.07) is 12.2. The summed E-state index contributed by atoms with van der Waals surface area (Å²) in [5, 5.41) is 3.09. The van der Waals surface area contributed by atoms with E-state index in [2.05, 4.69) is 9.88 Å². The van der Waals surface area contributed by atoms with Gasteiger partial charge in [0.25, 0.3) is 0 Å². The fourth-order valence-electron chi connectivity index (χ4n) is 4.05. The van der Waals surface area contributed by atoms with Crippen molar-refractivity contribution in [2.45, 2.75) is 57.5 Å². The second-order valence-electron chi connectivity index (χ2n) is 7.24. The second-order valence-corrected chi connectivity index (χ2v) is 7.24. The summed E-state index contributed by atoms with van der Waals surface area (Å²) in [7, 11) is 0. The Labute approximate surface area is 154 Å². The number of fused-ring (bicyclic) bond motifs is 3. The van der Waals surface area contributed by atoms with Gasteiger partial charge < -0.3 is 14.8 Å². The molecule has 1 saturated carbocycles. The van der Waals surface area contributed by atoms with Gasteiger partial charge in [0, 0.05) is 30.8 Å². The Balaban J connectivity index is 1.40. The van der Waals surface area contributed by atoms with Crippen LogP contribution in [0.5, 0.6) is 0 Å². The van der Waals surface area contributed by atoms with Crippen molar-refractivity contribution in [3.05, 3.63) is 48.3 Å². The number of para-hydroxylation sites is 2. The van der Waals surface area contributed by atoms with E-state index in [4.69, 9.17) is 0 Å². The zero-order chi connectivity index (χ0) is 17.9. The van der Waals surface area contributed by atoms with Gasteiger partial charge in [0.2, 0.25) is 11.8 Å². The number of aromatic nitrogens is 1. The molecular formula is C21H25N3O2. The molecule has 0 saturated heterocycles. The number of benzene rings is 1. The van der Waals surface area contributed by atoms with Gasteiger partial charge in [0.15, 0.2) is 0 Å². The van der Waals surface area contributed by atoms with Crippen LogP contribution in [0.1, 0.15) is 50.6 Å². The summed E-state index contributed by atoms with van der Waals surface area (Å²) in [5.74, 6) is 0.00242. The SMILES string of the molecule is O=C(CCC(=O)N1Cc2cccn2-c2ccccc21)NC1CCCCC1. The van der Waals surface area contributed by atoms with Gasteiger partial charge in [-0.3, -0.25) is 9.59 Å². The molecule has 1 aliphatic carbocycles. The molecule has 5 nitrogen and oxygen atoms in total. The fourth-order valence-corrected chi connectivity index (χ4v) is 4.05. The molecule has 1 aromatic heterocycles. The fraction of sp³-hybridized carbons (Fsp3) is 0.429. The Hall–Kier alpha value is -2.56. The van der Waals surface area contributed by atoms with Crippen molar-refractivity contribution in [2.24, 2.45) is 0 Å². The number of carbonyl (C=O) groups excluding carboxylic acids is 2. The molecule has 26 heavy (non-hydrogen) atoms. The van der Waals surface area contributed by atoms with Crippen molar-refractivity contribution in [3.63, 3.8) is 0 Å². The quantitative estimate of drug-likeness (QED) is 0.916. The van der Waals surface area contributed by atoms with E-state index < -0.39 is 0 Å². The Morgan fingerprint density at radius 3 is 2.54 bits per heavy atom. The third kappa shape index (κ3) is 3.39. The molecule has 0 atom stereocenters. The number of amides is 2. The zero-order valence-electron chi connectivity index (χ0n) is 15.0. The topological polar surface area (TPSA) is 54.3 Å². The van der Waals surface area contributed by atoms with Crippen LogP contribution in [0, 0.1) is 0 Å². The third-order valence-corrected chi connectivity index (χ3v) is 5.42. The highest BCUT2D eigenvalue weighted by molar-refractivity contribution is 5.97. The Bertz CT molecular complexity index is 805. The summed E-state index contributed by atoms with van der Waals surface area (Å²) in [6.45, 7) is 0.549. The molecule has 2 aromatic rings. The number of carbonyl (C=O) groups is 2. The van der Waals surface area contributed by atoms with Crippen LogP contribution in [0.15, 0.2) is 42.6 Å². The highest BCUT2D eigenvalue weighted by atomic mass is 16.2. The molecule has 0 unspecified atom stereocenters. The van der Waals surface area contributed by atoms with Gasteiger partial charge in [0.1, 0.15) is 0 Å². The number of hydrogen-bond acceptors (Lipinski definition) is 2. The van der Waals surface area contributed by atoms with E-state index in [0.29, 0.717) is 12.6 Å². The molecule has 2 amide bonds. The maximum atomic E-state index is 12.8. The second kappa shape index (κ2) is 7.36. The van der Waals surface area contributed by atoms with E-state index in [9.17, 15) is 9.59 Å². The molecule has 1 aliphatic heterocycles. The minimum absolute atomic E-state index is 0.00100. The molecule has 1 aromatic carbocycles. The lowest BCUT2D eigenvalue weighted by atomic mass is 9.95. The number of hydrogen-bond donors (Lipinski definition) is 1. The van der Waals surface area contributed by atoms with E-state index in [1.54, 1.807) is 4.90 Å². The average molecular weight is 351 g/mol. The van der Waals surface area contributed by atoms with Gasteiger partial charge in [0.05, 0.1) is 17.9 Å². The van der Waals surface area contributed by atoms with E-state index in [0.717, 1.165) is 29.9 Å². The summed E-state index contributed by atoms with van der Waals surface area (Å²) in [6.07, 6.45) is 8.30. The summed E-state index contributed by atoms with van der Waals surface area (Å²) in [5.41, 5.74) is 3.01. The highest BCUT2D eigenvalue weighted by Gasteiger charge is 2.26. The maximum Gasteiger partial charge on any atom is 0.227 e. The number of nitrogens with one attached hydrogen (secondary N) is 1. The first kappa shape index (κ1) is 16.9. The standard InChI is InChI=1S/C21H25N3O2/c25-20(22-16-7-2-1-3-8-16)12-13-21(26)24-15-17-9-6-14-23(17)18-10-4-5-11-19(18)24/h4-6,9-11,14,16H,1-3,7-8,12-13,15H2,(H,22,25). The Morgan fingerprint density at radius 2 is 1.73 bits per heavy atom.